The third kappa shape index (κ3) is 3.42. The van der Waals surface area contributed by atoms with Crippen molar-refractivity contribution in [3.05, 3.63) is 59.4 Å². The number of hydrogen-bond acceptors (Lipinski definition) is 3. The van der Waals surface area contributed by atoms with Crippen LogP contribution in [0.5, 0.6) is 0 Å². The molecule has 0 radical (unpaired) electrons. The van der Waals surface area contributed by atoms with Crippen LogP contribution in [-0.4, -0.2) is 36.1 Å². The summed E-state index contributed by atoms with van der Waals surface area (Å²) in [6, 6.07) is 14.5. The topological polar surface area (TPSA) is 19.4 Å². The lowest BCUT2D eigenvalue weighted by atomic mass is 10.1. The van der Waals surface area contributed by atoms with Crippen molar-refractivity contribution < 1.29 is 0 Å². The van der Waals surface area contributed by atoms with Crippen molar-refractivity contribution in [2.24, 2.45) is 0 Å². The molecule has 0 unspecified atom stereocenters. The highest BCUT2D eigenvalue weighted by Crippen LogP contribution is 2.41. The van der Waals surface area contributed by atoms with E-state index in [9.17, 15) is 0 Å². The monoisotopic (exact) mass is 315 g/mol. The van der Waals surface area contributed by atoms with E-state index in [2.05, 4.69) is 65.3 Å². The van der Waals surface area contributed by atoms with E-state index in [4.69, 9.17) is 11.6 Å². The molecular formula is C18H22ClN3. The molecule has 1 aromatic heterocycles. The molecule has 1 aliphatic rings. The first kappa shape index (κ1) is 15.3. The molecule has 1 saturated carbocycles. The Balaban J connectivity index is 1.83. The summed E-state index contributed by atoms with van der Waals surface area (Å²) in [7, 11) is 4.35. The van der Waals surface area contributed by atoms with Gasteiger partial charge in [0.25, 0.3) is 0 Å². The maximum Gasteiger partial charge on any atom is 0.129 e. The van der Waals surface area contributed by atoms with Gasteiger partial charge in [-0.3, -0.25) is 0 Å². The number of anilines is 1. The number of aromatic nitrogens is 1. The van der Waals surface area contributed by atoms with Crippen LogP contribution in [0.1, 0.15) is 18.4 Å². The fourth-order valence-electron chi connectivity index (χ4n) is 2.84. The minimum absolute atomic E-state index is 0.300. The van der Waals surface area contributed by atoms with Gasteiger partial charge in [0.2, 0.25) is 0 Å². The van der Waals surface area contributed by atoms with Crippen LogP contribution in [0.2, 0.25) is 5.15 Å². The summed E-state index contributed by atoms with van der Waals surface area (Å²) < 4.78 is 0. The first-order valence-electron chi connectivity index (χ1n) is 7.67. The molecule has 0 bridgehead atoms. The molecule has 0 spiro atoms. The highest BCUT2D eigenvalue weighted by atomic mass is 35.5. The lowest BCUT2D eigenvalue weighted by Crippen LogP contribution is -2.42. The first-order chi connectivity index (χ1) is 10.6. The number of rotatable bonds is 6. The number of hydrogen-bond donors (Lipinski definition) is 0. The van der Waals surface area contributed by atoms with Crippen LogP contribution < -0.4 is 4.90 Å². The fourth-order valence-corrected chi connectivity index (χ4v) is 2.96. The maximum atomic E-state index is 5.93. The highest BCUT2D eigenvalue weighted by molar-refractivity contribution is 6.29. The van der Waals surface area contributed by atoms with Crippen LogP contribution in [0.15, 0.2) is 48.7 Å². The molecule has 1 heterocycles. The quantitative estimate of drug-likeness (QED) is 0.755. The van der Waals surface area contributed by atoms with E-state index in [0.29, 0.717) is 10.7 Å². The van der Waals surface area contributed by atoms with Crippen molar-refractivity contribution in [3.63, 3.8) is 0 Å². The Morgan fingerprint density at radius 3 is 2.36 bits per heavy atom. The third-order valence-corrected chi connectivity index (χ3v) is 4.78. The van der Waals surface area contributed by atoms with E-state index in [1.54, 1.807) is 0 Å². The molecule has 1 aromatic carbocycles. The van der Waals surface area contributed by atoms with Gasteiger partial charge in [0.1, 0.15) is 5.15 Å². The van der Waals surface area contributed by atoms with Crippen molar-refractivity contribution >= 4 is 17.3 Å². The summed E-state index contributed by atoms with van der Waals surface area (Å²) in [4.78, 5) is 9.01. The molecule has 2 aromatic rings. The van der Waals surface area contributed by atoms with Crippen molar-refractivity contribution in [1.29, 1.82) is 0 Å². The van der Waals surface area contributed by atoms with E-state index in [1.807, 2.05) is 12.3 Å². The standard InChI is InChI=1S/C18H22ClN3/c1-21(2)18(10-11-18)14-22(13-15-6-4-3-5-7-15)16-8-9-17(19)20-12-16/h3-9,12H,10-11,13-14H2,1-2H3. The number of nitrogens with zero attached hydrogens (tertiary/aromatic N) is 3. The molecule has 0 N–H and O–H groups in total. The average molecular weight is 316 g/mol. The number of pyridine rings is 1. The summed E-state index contributed by atoms with van der Waals surface area (Å²) >= 11 is 5.93. The number of likely N-dealkylation sites (N-methyl/N-ethyl adjacent to an activating group) is 1. The zero-order chi connectivity index (χ0) is 15.6. The second-order valence-corrected chi connectivity index (χ2v) is 6.69. The van der Waals surface area contributed by atoms with E-state index in [1.165, 1.54) is 18.4 Å². The van der Waals surface area contributed by atoms with Crippen molar-refractivity contribution in [2.75, 3.05) is 25.5 Å². The van der Waals surface area contributed by atoms with Crippen LogP contribution in [0, 0.1) is 0 Å². The van der Waals surface area contributed by atoms with Gasteiger partial charge in [0.05, 0.1) is 11.9 Å². The summed E-state index contributed by atoms with van der Waals surface area (Å²) in [5, 5.41) is 0.539. The Morgan fingerprint density at radius 1 is 1.09 bits per heavy atom. The molecule has 1 fully saturated rings. The predicted octanol–water partition coefficient (Wildman–Crippen LogP) is 3.84. The molecule has 3 nitrogen and oxygen atoms in total. The smallest absolute Gasteiger partial charge is 0.129 e. The number of halogens is 1. The summed E-state index contributed by atoms with van der Waals surface area (Å²) in [5.41, 5.74) is 2.74. The van der Waals surface area contributed by atoms with Crippen molar-refractivity contribution in [1.82, 2.24) is 9.88 Å². The summed E-state index contributed by atoms with van der Waals surface area (Å²) in [5.74, 6) is 0. The van der Waals surface area contributed by atoms with Crippen molar-refractivity contribution in [2.45, 2.75) is 24.9 Å². The van der Waals surface area contributed by atoms with Gasteiger partial charge in [-0.1, -0.05) is 41.9 Å². The van der Waals surface area contributed by atoms with E-state index >= 15 is 0 Å². The normalized spacial score (nSPS) is 15.8. The Kier molecular flexibility index (Phi) is 4.37. The summed E-state index contributed by atoms with van der Waals surface area (Å²) in [6.07, 6.45) is 4.38. The zero-order valence-electron chi connectivity index (χ0n) is 13.2. The molecule has 4 heteroatoms. The largest absolute Gasteiger partial charge is 0.364 e. The van der Waals surface area contributed by atoms with Gasteiger partial charge in [-0.05, 0) is 44.6 Å². The predicted molar refractivity (Wildman–Crippen MR) is 92.4 cm³/mol. The van der Waals surface area contributed by atoms with Crippen LogP contribution in [0.3, 0.4) is 0 Å². The van der Waals surface area contributed by atoms with Gasteiger partial charge in [-0.25, -0.2) is 4.98 Å². The molecule has 0 aliphatic heterocycles. The molecule has 22 heavy (non-hydrogen) atoms. The minimum atomic E-state index is 0.300. The lowest BCUT2D eigenvalue weighted by Gasteiger charge is -2.33. The summed E-state index contributed by atoms with van der Waals surface area (Å²) in [6.45, 7) is 1.90. The van der Waals surface area contributed by atoms with Crippen LogP contribution in [0.4, 0.5) is 5.69 Å². The Bertz CT molecular complexity index is 606. The third-order valence-electron chi connectivity index (χ3n) is 4.55. The van der Waals surface area contributed by atoms with Gasteiger partial charge in [0.15, 0.2) is 0 Å². The Hall–Kier alpha value is -1.58. The molecular weight excluding hydrogens is 294 g/mol. The molecule has 3 rings (SSSR count). The van der Waals surface area contributed by atoms with E-state index in [-0.39, 0.29) is 0 Å². The van der Waals surface area contributed by atoms with Crippen LogP contribution in [-0.2, 0) is 6.54 Å². The van der Waals surface area contributed by atoms with Gasteiger partial charge in [0, 0.05) is 18.6 Å². The first-order valence-corrected chi connectivity index (χ1v) is 8.05. The van der Waals surface area contributed by atoms with Crippen LogP contribution >= 0.6 is 11.6 Å². The van der Waals surface area contributed by atoms with Gasteiger partial charge in [-0.15, -0.1) is 0 Å². The minimum Gasteiger partial charge on any atom is -0.364 e. The second-order valence-electron chi connectivity index (χ2n) is 6.30. The SMILES string of the molecule is CN(C)C1(CN(Cc2ccccc2)c2ccc(Cl)nc2)CC1. The van der Waals surface area contributed by atoms with Crippen molar-refractivity contribution in [3.8, 4) is 0 Å². The number of benzene rings is 1. The van der Waals surface area contributed by atoms with E-state index in [0.717, 1.165) is 18.8 Å². The lowest BCUT2D eigenvalue weighted by molar-refractivity contribution is 0.273. The van der Waals surface area contributed by atoms with Crippen LogP contribution in [0.25, 0.3) is 0 Å². The molecule has 1 aliphatic carbocycles. The fraction of sp³-hybridized carbons (Fsp3) is 0.389. The Labute approximate surface area is 137 Å². The van der Waals surface area contributed by atoms with Gasteiger partial charge < -0.3 is 9.80 Å². The molecule has 0 amide bonds. The average Bonchev–Trinajstić information content (AvgIpc) is 3.29. The zero-order valence-corrected chi connectivity index (χ0v) is 13.9. The van der Waals surface area contributed by atoms with Gasteiger partial charge in [-0.2, -0.15) is 0 Å². The Morgan fingerprint density at radius 2 is 1.82 bits per heavy atom. The highest BCUT2D eigenvalue weighted by Gasteiger charge is 2.46. The van der Waals surface area contributed by atoms with Gasteiger partial charge >= 0.3 is 0 Å². The maximum absolute atomic E-state index is 5.93. The molecule has 0 saturated heterocycles. The molecule has 0 atom stereocenters. The second kappa shape index (κ2) is 6.27. The van der Waals surface area contributed by atoms with E-state index < -0.39 is 0 Å². The molecule has 116 valence electrons.